The highest BCUT2D eigenvalue weighted by Gasteiger charge is 2.01. The predicted molar refractivity (Wildman–Crippen MR) is 130 cm³/mol. The number of nitrogens with one attached hydrogen (secondary N) is 1. The summed E-state index contributed by atoms with van der Waals surface area (Å²) < 4.78 is 2.23. The molecule has 0 aliphatic rings. The van der Waals surface area contributed by atoms with Gasteiger partial charge in [0, 0.05) is 20.3 Å². The molecule has 1 N–H and O–H groups in total. The van der Waals surface area contributed by atoms with E-state index in [1.54, 1.807) is 0 Å². The van der Waals surface area contributed by atoms with Gasteiger partial charge in [-0.15, -0.1) is 0 Å². The van der Waals surface area contributed by atoms with Crippen molar-refractivity contribution in [2.24, 2.45) is 0 Å². The lowest BCUT2D eigenvalue weighted by atomic mass is 10.0. The number of halogens is 2. The molecule has 4 rings (SSSR count). The minimum absolute atomic E-state index is 0.943. The molecule has 0 spiro atoms. The zero-order chi connectivity index (χ0) is 20.1. The number of hydrogen-bond donors (Lipinski definition) is 1. The fourth-order valence-corrected chi connectivity index (χ4v) is 3.78. The van der Waals surface area contributed by atoms with Crippen LogP contribution in [-0.2, 0) is 12.8 Å². The van der Waals surface area contributed by atoms with Gasteiger partial charge in [-0.1, -0.05) is 80.4 Å². The number of rotatable bonds is 6. The topological polar surface area (TPSA) is 12.0 Å². The third kappa shape index (κ3) is 5.81. The maximum Gasteiger partial charge on any atom is 0.0384 e. The quantitative estimate of drug-likeness (QED) is 0.278. The number of anilines is 2. The fraction of sp³-hybridized carbons (Fsp3) is 0.0769. The summed E-state index contributed by atoms with van der Waals surface area (Å²) in [6.45, 7) is 0. The Morgan fingerprint density at radius 2 is 0.690 bits per heavy atom. The molecular weight excluding hydrogens is 486 g/mol. The first-order chi connectivity index (χ1) is 14.1. The van der Waals surface area contributed by atoms with E-state index in [9.17, 15) is 0 Å². The van der Waals surface area contributed by atoms with Gasteiger partial charge in [-0.3, -0.25) is 0 Å². The van der Waals surface area contributed by atoms with Crippen LogP contribution in [0.4, 0.5) is 11.4 Å². The molecule has 0 bridgehead atoms. The first kappa shape index (κ1) is 19.9. The lowest BCUT2D eigenvalue weighted by molar-refractivity contribution is 1.19. The molecule has 3 heteroatoms. The number of hydrogen-bond acceptors (Lipinski definition) is 1. The van der Waals surface area contributed by atoms with Gasteiger partial charge in [0.1, 0.15) is 0 Å². The molecular formula is C26H21Br2N. The number of benzene rings is 4. The maximum atomic E-state index is 3.49. The fourth-order valence-electron chi connectivity index (χ4n) is 3.25. The van der Waals surface area contributed by atoms with Crippen molar-refractivity contribution in [2.45, 2.75) is 12.8 Å². The van der Waals surface area contributed by atoms with Crippen molar-refractivity contribution in [3.63, 3.8) is 0 Å². The predicted octanol–water partition coefficient (Wildman–Crippen LogP) is 8.14. The molecule has 0 saturated carbocycles. The van der Waals surface area contributed by atoms with Crippen LogP contribution in [0.15, 0.2) is 106 Å². The van der Waals surface area contributed by atoms with Crippen molar-refractivity contribution in [2.75, 3.05) is 5.32 Å². The van der Waals surface area contributed by atoms with Crippen LogP contribution in [0.1, 0.15) is 22.3 Å². The van der Waals surface area contributed by atoms with Crippen LogP contribution in [0.25, 0.3) is 0 Å². The van der Waals surface area contributed by atoms with Crippen LogP contribution in [0.3, 0.4) is 0 Å². The van der Waals surface area contributed by atoms with E-state index in [0.717, 1.165) is 33.2 Å². The van der Waals surface area contributed by atoms with Gasteiger partial charge < -0.3 is 5.32 Å². The molecule has 0 amide bonds. The van der Waals surface area contributed by atoms with Gasteiger partial charge in [-0.2, -0.15) is 0 Å². The van der Waals surface area contributed by atoms with Gasteiger partial charge in [0.05, 0.1) is 0 Å². The van der Waals surface area contributed by atoms with E-state index in [4.69, 9.17) is 0 Å². The second-order valence-corrected chi connectivity index (χ2v) is 8.96. The highest BCUT2D eigenvalue weighted by Crippen LogP contribution is 2.21. The molecule has 0 heterocycles. The van der Waals surface area contributed by atoms with Crippen LogP contribution in [0.2, 0.25) is 0 Å². The molecule has 0 unspecified atom stereocenters. The van der Waals surface area contributed by atoms with Crippen molar-refractivity contribution >= 4 is 43.2 Å². The standard InChI is InChI=1S/C26H21Br2N/c27-23-9-1-19(2-10-23)17-21-5-13-25(14-6-21)29-26-15-7-22(8-16-26)18-20-3-11-24(28)12-4-20/h1-16,29H,17-18H2. The third-order valence-electron chi connectivity index (χ3n) is 4.84. The smallest absolute Gasteiger partial charge is 0.0384 e. The van der Waals surface area contributed by atoms with E-state index in [0.29, 0.717) is 0 Å². The average molecular weight is 507 g/mol. The Morgan fingerprint density at radius 3 is 1.00 bits per heavy atom. The highest BCUT2D eigenvalue weighted by molar-refractivity contribution is 9.10. The molecule has 29 heavy (non-hydrogen) atoms. The van der Waals surface area contributed by atoms with Crippen LogP contribution >= 0.6 is 31.9 Å². The lowest BCUT2D eigenvalue weighted by Crippen LogP contribution is -1.93. The summed E-state index contributed by atoms with van der Waals surface area (Å²) in [5.74, 6) is 0. The lowest BCUT2D eigenvalue weighted by Gasteiger charge is -2.09. The summed E-state index contributed by atoms with van der Waals surface area (Å²) in [5.41, 5.74) is 7.45. The van der Waals surface area contributed by atoms with Crippen molar-refractivity contribution in [1.29, 1.82) is 0 Å². The summed E-state index contributed by atoms with van der Waals surface area (Å²) in [6, 6.07) is 34.3. The molecule has 4 aromatic carbocycles. The maximum absolute atomic E-state index is 3.49. The molecule has 0 atom stereocenters. The summed E-state index contributed by atoms with van der Waals surface area (Å²) in [5, 5.41) is 3.49. The Labute approximate surface area is 189 Å². The second kappa shape index (κ2) is 9.43. The largest absolute Gasteiger partial charge is 0.356 e. The summed E-state index contributed by atoms with van der Waals surface area (Å²) in [7, 11) is 0. The van der Waals surface area contributed by atoms with Crippen molar-refractivity contribution in [3.8, 4) is 0 Å². The molecule has 0 aliphatic heterocycles. The molecule has 144 valence electrons. The Balaban J connectivity index is 1.36. The molecule has 0 aliphatic carbocycles. The Hall–Kier alpha value is -2.36. The zero-order valence-corrected chi connectivity index (χ0v) is 19.1. The Bertz CT molecular complexity index is 963. The molecule has 0 saturated heterocycles. The van der Waals surface area contributed by atoms with E-state index < -0.39 is 0 Å². The first-order valence-corrected chi connectivity index (χ1v) is 11.2. The monoisotopic (exact) mass is 505 g/mol. The average Bonchev–Trinajstić information content (AvgIpc) is 2.74. The normalized spacial score (nSPS) is 10.7. The summed E-state index contributed by atoms with van der Waals surface area (Å²) in [4.78, 5) is 0. The minimum atomic E-state index is 0.943. The van der Waals surface area contributed by atoms with E-state index in [-0.39, 0.29) is 0 Å². The van der Waals surface area contributed by atoms with E-state index in [1.165, 1.54) is 22.3 Å². The van der Waals surface area contributed by atoms with Crippen LogP contribution in [0, 0.1) is 0 Å². The molecule has 1 nitrogen and oxygen atoms in total. The Kier molecular flexibility index (Phi) is 6.48. The highest BCUT2D eigenvalue weighted by atomic mass is 79.9. The third-order valence-corrected chi connectivity index (χ3v) is 5.90. The van der Waals surface area contributed by atoms with Crippen LogP contribution in [-0.4, -0.2) is 0 Å². The second-order valence-electron chi connectivity index (χ2n) is 7.13. The summed E-state index contributed by atoms with van der Waals surface area (Å²) >= 11 is 6.97. The molecule has 0 fully saturated rings. The van der Waals surface area contributed by atoms with Crippen molar-refractivity contribution in [1.82, 2.24) is 0 Å². The van der Waals surface area contributed by atoms with Gasteiger partial charge in [0.25, 0.3) is 0 Å². The summed E-state index contributed by atoms with van der Waals surface area (Å²) in [6.07, 6.45) is 1.89. The van der Waals surface area contributed by atoms with E-state index in [1.807, 2.05) is 0 Å². The van der Waals surface area contributed by atoms with Gasteiger partial charge in [-0.05, 0) is 83.6 Å². The van der Waals surface area contributed by atoms with Gasteiger partial charge in [0.2, 0.25) is 0 Å². The van der Waals surface area contributed by atoms with Gasteiger partial charge in [0.15, 0.2) is 0 Å². The Morgan fingerprint density at radius 1 is 0.414 bits per heavy atom. The molecule has 0 radical (unpaired) electrons. The van der Waals surface area contributed by atoms with Crippen molar-refractivity contribution < 1.29 is 0 Å². The van der Waals surface area contributed by atoms with Gasteiger partial charge >= 0.3 is 0 Å². The van der Waals surface area contributed by atoms with Gasteiger partial charge in [-0.25, -0.2) is 0 Å². The minimum Gasteiger partial charge on any atom is -0.356 e. The van der Waals surface area contributed by atoms with Crippen LogP contribution in [0.5, 0.6) is 0 Å². The molecule has 4 aromatic rings. The van der Waals surface area contributed by atoms with E-state index in [2.05, 4.69) is 134 Å². The van der Waals surface area contributed by atoms with Crippen molar-refractivity contribution in [3.05, 3.63) is 128 Å². The van der Waals surface area contributed by atoms with Crippen LogP contribution < -0.4 is 5.32 Å². The SMILES string of the molecule is Brc1ccc(Cc2ccc(Nc3ccc(Cc4ccc(Br)cc4)cc3)cc2)cc1. The first-order valence-electron chi connectivity index (χ1n) is 9.58. The zero-order valence-electron chi connectivity index (χ0n) is 15.9. The van der Waals surface area contributed by atoms with E-state index >= 15 is 0 Å². The molecule has 0 aromatic heterocycles.